The van der Waals surface area contributed by atoms with E-state index in [0.717, 1.165) is 30.1 Å². The number of urea groups is 1. The first kappa shape index (κ1) is 16.0. The number of thiazole rings is 1. The molecule has 0 spiro atoms. The third kappa shape index (κ3) is 3.90. The molecule has 7 heteroatoms. The van der Waals surface area contributed by atoms with Crippen LogP contribution in [0.2, 0.25) is 0 Å². The third-order valence-electron chi connectivity index (χ3n) is 4.30. The molecule has 6 nitrogen and oxygen atoms in total. The first-order valence-corrected chi connectivity index (χ1v) is 9.16. The smallest absolute Gasteiger partial charge is 0.320 e. The molecule has 3 rings (SSSR count). The molecule has 0 radical (unpaired) electrons. The van der Waals surface area contributed by atoms with Crippen molar-refractivity contribution in [3.05, 3.63) is 28.8 Å². The Hall–Kier alpha value is -1.89. The van der Waals surface area contributed by atoms with Crippen LogP contribution >= 0.6 is 11.3 Å². The summed E-state index contributed by atoms with van der Waals surface area (Å²) in [5, 5.41) is 13.2. The van der Waals surface area contributed by atoms with Gasteiger partial charge in [-0.1, -0.05) is 26.2 Å². The fourth-order valence-electron chi connectivity index (χ4n) is 3.09. The van der Waals surface area contributed by atoms with Crippen LogP contribution in [0.25, 0.3) is 0 Å². The summed E-state index contributed by atoms with van der Waals surface area (Å²) in [6.07, 6.45) is 10.4. The van der Waals surface area contributed by atoms with E-state index in [2.05, 4.69) is 20.7 Å². The molecule has 1 aliphatic rings. The lowest BCUT2D eigenvalue weighted by Gasteiger charge is -2.24. The molecule has 0 bridgehead atoms. The molecule has 1 aliphatic carbocycles. The van der Waals surface area contributed by atoms with E-state index in [1.165, 1.54) is 19.3 Å². The molecule has 1 saturated carbocycles. The molecular formula is C16H23N5OS. The Labute approximate surface area is 140 Å². The van der Waals surface area contributed by atoms with E-state index in [1.807, 2.05) is 23.1 Å². The van der Waals surface area contributed by atoms with Gasteiger partial charge in [-0.2, -0.15) is 5.10 Å². The molecule has 2 heterocycles. The van der Waals surface area contributed by atoms with Crippen LogP contribution in [-0.4, -0.2) is 20.8 Å². The van der Waals surface area contributed by atoms with Gasteiger partial charge < -0.3 is 5.32 Å². The van der Waals surface area contributed by atoms with Crippen molar-refractivity contribution in [2.45, 2.75) is 57.5 Å². The van der Waals surface area contributed by atoms with Gasteiger partial charge in [0.25, 0.3) is 0 Å². The van der Waals surface area contributed by atoms with Gasteiger partial charge in [0, 0.05) is 17.6 Å². The van der Waals surface area contributed by atoms with Crippen molar-refractivity contribution < 1.29 is 4.79 Å². The molecule has 124 valence electrons. The fourth-order valence-corrected chi connectivity index (χ4v) is 3.86. The summed E-state index contributed by atoms with van der Waals surface area (Å²) >= 11 is 1.56. The van der Waals surface area contributed by atoms with Gasteiger partial charge in [-0.3, -0.25) is 5.32 Å². The number of rotatable bonds is 5. The molecule has 2 aromatic heterocycles. The van der Waals surface area contributed by atoms with Crippen LogP contribution in [-0.2, 0) is 0 Å². The zero-order valence-electron chi connectivity index (χ0n) is 13.4. The Kier molecular flexibility index (Phi) is 5.27. The quantitative estimate of drug-likeness (QED) is 0.864. The standard InChI is InChI=1S/C16H23N5OS/c1-2-13(15-17-10-11-23-15)19-16(22)20-14-8-9-18-21(14)12-6-4-3-5-7-12/h8-13H,2-7H2,1H3,(H2,19,20,22)/t13-/m1/s1. The van der Waals surface area contributed by atoms with Gasteiger partial charge in [-0.15, -0.1) is 11.3 Å². The number of hydrogen-bond acceptors (Lipinski definition) is 4. The average Bonchev–Trinajstić information content (AvgIpc) is 3.25. The molecule has 0 unspecified atom stereocenters. The van der Waals surface area contributed by atoms with Crippen molar-refractivity contribution in [2.24, 2.45) is 0 Å². The summed E-state index contributed by atoms with van der Waals surface area (Å²) in [4.78, 5) is 16.6. The van der Waals surface area contributed by atoms with Gasteiger partial charge in [0.05, 0.1) is 18.3 Å². The Balaban J connectivity index is 1.63. The van der Waals surface area contributed by atoms with Crippen LogP contribution in [0.4, 0.5) is 10.6 Å². The Morgan fingerprint density at radius 2 is 2.22 bits per heavy atom. The van der Waals surface area contributed by atoms with Gasteiger partial charge in [-0.25, -0.2) is 14.5 Å². The van der Waals surface area contributed by atoms with E-state index in [0.29, 0.717) is 6.04 Å². The second kappa shape index (κ2) is 7.59. The van der Waals surface area contributed by atoms with Gasteiger partial charge in [-0.05, 0) is 19.3 Å². The van der Waals surface area contributed by atoms with Crippen LogP contribution < -0.4 is 10.6 Å². The minimum Gasteiger partial charge on any atom is -0.329 e. The highest BCUT2D eigenvalue weighted by atomic mass is 32.1. The Morgan fingerprint density at radius 3 is 2.91 bits per heavy atom. The maximum Gasteiger partial charge on any atom is 0.320 e. The van der Waals surface area contributed by atoms with E-state index < -0.39 is 0 Å². The third-order valence-corrected chi connectivity index (χ3v) is 5.18. The number of amides is 2. The molecular weight excluding hydrogens is 310 g/mol. The van der Waals surface area contributed by atoms with Crippen molar-refractivity contribution in [3.8, 4) is 0 Å². The van der Waals surface area contributed by atoms with E-state index in [1.54, 1.807) is 23.7 Å². The first-order valence-electron chi connectivity index (χ1n) is 8.28. The molecule has 2 amide bonds. The molecule has 1 fully saturated rings. The van der Waals surface area contributed by atoms with Crippen molar-refractivity contribution in [1.29, 1.82) is 0 Å². The number of carbonyl (C=O) groups is 1. The second-order valence-electron chi connectivity index (χ2n) is 5.88. The normalized spacial score (nSPS) is 16.9. The van der Waals surface area contributed by atoms with Crippen molar-refractivity contribution in [1.82, 2.24) is 20.1 Å². The summed E-state index contributed by atoms with van der Waals surface area (Å²) in [5.41, 5.74) is 0. The Morgan fingerprint density at radius 1 is 1.39 bits per heavy atom. The van der Waals surface area contributed by atoms with E-state index in [-0.39, 0.29) is 12.1 Å². The predicted molar refractivity (Wildman–Crippen MR) is 91.6 cm³/mol. The summed E-state index contributed by atoms with van der Waals surface area (Å²) in [6.45, 7) is 2.04. The van der Waals surface area contributed by atoms with Gasteiger partial charge in [0.15, 0.2) is 0 Å². The number of anilines is 1. The summed E-state index contributed by atoms with van der Waals surface area (Å²) in [6, 6.07) is 2.00. The van der Waals surface area contributed by atoms with Crippen molar-refractivity contribution in [3.63, 3.8) is 0 Å². The molecule has 0 aliphatic heterocycles. The molecule has 23 heavy (non-hydrogen) atoms. The molecule has 1 atom stereocenters. The number of carbonyl (C=O) groups excluding carboxylic acids is 1. The first-order chi connectivity index (χ1) is 11.3. The van der Waals surface area contributed by atoms with Crippen LogP contribution in [0.15, 0.2) is 23.8 Å². The highest BCUT2D eigenvalue weighted by Gasteiger charge is 2.20. The molecule has 2 aromatic rings. The van der Waals surface area contributed by atoms with E-state index in [4.69, 9.17) is 0 Å². The largest absolute Gasteiger partial charge is 0.329 e. The number of hydrogen-bond donors (Lipinski definition) is 2. The lowest BCUT2D eigenvalue weighted by atomic mass is 9.96. The number of aromatic nitrogens is 3. The molecule has 0 saturated heterocycles. The highest BCUT2D eigenvalue weighted by Crippen LogP contribution is 2.30. The van der Waals surface area contributed by atoms with Gasteiger partial charge in [0.2, 0.25) is 0 Å². The van der Waals surface area contributed by atoms with Crippen LogP contribution in [0.1, 0.15) is 62.5 Å². The van der Waals surface area contributed by atoms with Crippen LogP contribution in [0.5, 0.6) is 0 Å². The van der Waals surface area contributed by atoms with Crippen molar-refractivity contribution in [2.75, 3.05) is 5.32 Å². The topological polar surface area (TPSA) is 71.8 Å². The SMILES string of the molecule is CC[C@@H](NC(=O)Nc1ccnn1C1CCCCC1)c1nccs1. The summed E-state index contributed by atoms with van der Waals surface area (Å²) in [7, 11) is 0. The monoisotopic (exact) mass is 333 g/mol. The van der Waals surface area contributed by atoms with E-state index in [9.17, 15) is 4.79 Å². The molecule has 2 N–H and O–H groups in total. The maximum atomic E-state index is 12.3. The average molecular weight is 333 g/mol. The van der Waals surface area contributed by atoms with Gasteiger partial charge >= 0.3 is 6.03 Å². The summed E-state index contributed by atoms with van der Waals surface area (Å²) in [5.74, 6) is 0.767. The second-order valence-corrected chi connectivity index (χ2v) is 6.81. The Bertz CT molecular complexity index is 618. The van der Waals surface area contributed by atoms with Crippen LogP contribution in [0.3, 0.4) is 0 Å². The van der Waals surface area contributed by atoms with E-state index >= 15 is 0 Å². The number of nitrogens with zero attached hydrogens (tertiary/aromatic N) is 3. The van der Waals surface area contributed by atoms with Gasteiger partial charge in [0.1, 0.15) is 10.8 Å². The predicted octanol–water partition coefficient (Wildman–Crippen LogP) is 4.12. The number of nitrogens with one attached hydrogen (secondary N) is 2. The zero-order chi connectivity index (χ0) is 16.1. The fraction of sp³-hybridized carbons (Fsp3) is 0.562. The minimum atomic E-state index is -0.204. The zero-order valence-corrected chi connectivity index (χ0v) is 14.2. The van der Waals surface area contributed by atoms with Crippen molar-refractivity contribution >= 4 is 23.2 Å². The van der Waals surface area contributed by atoms with Crippen LogP contribution in [0, 0.1) is 0 Å². The maximum absolute atomic E-state index is 12.3. The molecule has 0 aromatic carbocycles. The summed E-state index contributed by atoms with van der Waals surface area (Å²) < 4.78 is 1.96. The lowest BCUT2D eigenvalue weighted by molar-refractivity contribution is 0.247. The minimum absolute atomic E-state index is 0.0546. The highest BCUT2D eigenvalue weighted by molar-refractivity contribution is 7.09. The lowest BCUT2D eigenvalue weighted by Crippen LogP contribution is -2.33.